The highest BCUT2D eigenvalue weighted by atomic mass is 19.4. The maximum Gasteiger partial charge on any atom is 0.434 e. The number of nitrogens with one attached hydrogen (secondary N) is 2. The lowest BCUT2D eigenvalue weighted by molar-refractivity contribution is -0.140. The molecule has 1 aromatic carbocycles. The average Bonchev–Trinajstić information content (AvgIpc) is 3.38. The molecule has 0 aliphatic heterocycles. The highest BCUT2D eigenvalue weighted by molar-refractivity contribution is 5.84. The number of hydrogen-bond acceptors (Lipinski definition) is 8. The number of aromatic nitrogens is 6. The second-order valence-corrected chi connectivity index (χ2v) is 9.44. The van der Waals surface area contributed by atoms with E-state index in [1.807, 2.05) is 39.8 Å². The Balaban J connectivity index is 1.61. The van der Waals surface area contributed by atoms with Crippen LogP contribution < -0.4 is 10.1 Å². The predicted octanol–water partition coefficient (Wildman–Crippen LogP) is 6.14. The van der Waals surface area contributed by atoms with Crippen LogP contribution in [0, 0.1) is 5.41 Å². The molecule has 2 N–H and O–H groups in total. The van der Waals surface area contributed by atoms with E-state index in [1.54, 1.807) is 18.3 Å². The molecule has 0 saturated heterocycles. The van der Waals surface area contributed by atoms with Crippen LogP contribution in [0.5, 0.6) is 5.88 Å². The molecular formula is C27H29F3N8O. The Hall–Kier alpha value is -4.35. The van der Waals surface area contributed by atoms with E-state index in [1.165, 1.54) is 18.0 Å². The second-order valence-electron chi connectivity index (χ2n) is 9.44. The van der Waals surface area contributed by atoms with Crippen LogP contribution in [-0.2, 0) is 12.7 Å². The second kappa shape index (κ2) is 11.2. The Bertz CT molecular complexity index is 1460. The van der Waals surface area contributed by atoms with Gasteiger partial charge in [0.2, 0.25) is 5.88 Å². The summed E-state index contributed by atoms with van der Waals surface area (Å²) in [7, 11) is 1.52. The minimum Gasteiger partial charge on any atom is -0.480 e. The normalized spacial score (nSPS) is 11.7. The first-order valence-electron chi connectivity index (χ1n) is 12.3. The topological polar surface area (TPSA) is 114 Å². The highest BCUT2D eigenvalue weighted by Gasteiger charge is 2.35. The van der Waals surface area contributed by atoms with Gasteiger partial charge >= 0.3 is 6.18 Å². The number of halogens is 3. The third kappa shape index (κ3) is 5.89. The molecule has 0 radical (unpaired) electrons. The summed E-state index contributed by atoms with van der Waals surface area (Å²) in [5.41, 5.74) is 2.31. The van der Waals surface area contributed by atoms with Gasteiger partial charge in [0, 0.05) is 36.8 Å². The van der Waals surface area contributed by atoms with Crippen molar-refractivity contribution in [2.75, 3.05) is 12.4 Å². The van der Waals surface area contributed by atoms with E-state index in [-0.39, 0.29) is 17.8 Å². The van der Waals surface area contributed by atoms with E-state index in [9.17, 15) is 13.2 Å². The van der Waals surface area contributed by atoms with E-state index in [4.69, 9.17) is 10.1 Å². The number of imidazole rings is 1. The molecule has 0 spiro atoms. The summed E-state index contributed by atoms with van der Waals surface area (Å²) in [6.45, 7) is 7.96. The zero-order valence-electron chi connectivity index (χ0n) is 22.2. The molecule has 3 aromatic heterocycles. The summed E-state index contributed by atoms with van der Waals surface area (Å²) in [5.74, 6) is 1.47. The number of methoxy groups -OCH3 is 1. The molecule has 39 heavy (non-hydrogen) atoms. The molecule has 204 valence electrons. The van der Waals surface area contributed by atoms with Crippen molar-refractivity contribution in [1.29, 1.82) is 5.41 Å². The van der Waals surface area contributed by atoms with E-state index in [0.717, 1.165) is 23.7 Å². The van der Waals surface area contributed by atoms with E-state index >= 15 is 0 Å². The maximum absolute atomic E-state index is 13.3. The fourth-order valence-corrected chi connectivity index (χ4v) is 4.04. The minimum atomic E-state index is -4.52. The fourth-order valence-electron chi connectivity index (χ4n) is 4.04. The van der Waals surface area contributed by atoms with Gasteiger partial charge in [0.15, 0.2) is 11.5 Å². The maximum atomic E-state index is 13.3. The van der Waals surface area contributed by atoms with Gasteiger partial charge in [0.1, 0.15) is 23.5 Å². The van der Waals surface area contributed by atoms with Crippen molar-refractivity contribution in [1.82, 2.24) is 29.5 Å². The number of rotatable bonds is 9. The standard InChI is InChI=1S/C27H29F3N8O/c1-15(2)22-21(26(39-5)35-14-34-22)24-33-12-19(10-31)23(37-24)32-11-17-6-8-18(9-7-17)25-36-20(27(28,29)30)13-38(25)16(3)4/h6-10,12-16,31H,11H2,1-5H3,(H,32,33,37). The van der Waals surface area contributed by atoms with Crippen molar-refractivity contribution < 1.29 is 17.9 Å². The van der Waals surface area contributed by atoms with Gasteiger partial charge in [0.05, 0.1) is 18.4 Å². The van der Waals surface area contributed by atoms with Crippen LogP contribution in [0.15, 0.2) is 43.0 Å². The predicted molar refractivity (Wildman–Crippen MR) is 142 cm³/mol. The molecular weight excluding hydrogens is 509 g/mol. The van der Waals surface area contributed by atoms with Crippen LogP contribution in [0.1, 0.15) is 62.2 Å². The zero-order chi connectivity index (χ0) is 28.3. The average molecular weight is 539 g/mol. The number of nitrogens with zero attached hydrogens (tertiary/aromatic N) is 6. The third-order valence-corrected chi connectivity index (χ3v) is 6.03. The molecule has 3 heterocycles. The van der Waals surface area contributed by atoms with Crippen LogP contribution in [-0.4, -0.2) is 42.8 Å². The Morgan fingerprint density at radius 3 is 2.36 bits per heavy atom. The first kappa shape index (κ1) is 27.7. The number of hydrogen-bond donors (Lipinski definition) is 2. The minimum absolute atomic E-state index is 0.0661. The summed E-state index contributed by atoms with van der Waals surface area (Å²) in [5, 5.41) is 11.0. The smallest absolute Gasteiger partial charge is 0.434 e. The molecule has 0 amide bonds. The Morgan fingerprint density at radius 1 is 1.05 bits per heavy atom. The quantitative estimate of drug-likeness (QED) is 0.246. The number of ether oxygens (including phenoxy) is 1. The van der Waals surface area contributed by atoms with E-state index in [0.29, 0.717) is 40.8 Å². The van der Waals surface area contributed by atoms with Gasteiger partial charge in [-0.15, -0.1) is 0 Å². The van der Waals surface area contributed by atoms with Crippen LogP contribution >= 0.6 is 0 Å². The molecule has 0 bridgehead atoms. The summed E-state index contributed by atoms with van der Waals surface area (Å²) >= 11 is 0. The highest BCUT2D eigenvalue weighted by Crippen LogP contribution is 2.34. The molecule has 12 heteroatoms. The Kier molecular flexibility index (Phi) is 7.93. The van der Waals surface area contributed by atoms with Gasteiger partial charge in [-0.25, -0.2) is 24.9 Å². The Morgan fingerprint density at radius 2 is 1.77 bits per heavy atom. The lowest BCUT2D eigenvalue weighted by Gasteiger charge is -2.15. The van der Waals surface area contributed by atoms with Crippen molar-refractivity contribution >= 4 is 12.0 Å². The summed E-state index contributed by atoms with van der Waals surface area (Å²) in [4.78, 5) is 21.5. The van der Waals surface area contributed by atoms with Crippen LogP contribution in [0.4, 0.5) is 19.0 Å². The lowest BCUT2D eigenvalue weighted by atomic mass is 10.0. The Labute approximate surface area is 224 Å². The molecule has 4 aromatic rings. The summed E-state index contributed by atoms with van der Waals surface area (Å²) in [6.07, 6.45) is 0.651. The van der Waals surface area contributed by atoms with Gasteiger partial charge in [-0.2, -0.15) is 13.2 Å². The molecule has 9 nitrogen and oxygen atoms in total. The lowest BCUT2D eigenvalue weighted by Crippen LogP contribution is -2.09. The van der Waals surface area contributed by atoms with Crippen molar-refractivity contribution in [2.24, 2.45) is 0 Å². The first-order valence-corrected chi connectivity index (χ1v) is 12.3. The molecule has 4 rings (SSSR count). The van der Waals surface area contributed by atoms with E-state index in [2.05, 4.69) is 30.2 Å². The molecule has 0 saturated carbocycles. The van der Waals surface area contributed by atoms with Gasteiger partial charge < -0.3 is 20.0 Å². The van der Waals surface area contributed by atoms with Gasteiger partial charge in [-0.1, -0.05) is 38.1 Å². The van der Waals surface area contributed by atoms with Crippen molar-refractivity contribution in [2.45, 2.75) is 52.4 Å². The van der Waals surface area contributed by atoms with Crippen LogP contribution in [0.2, 0.25) is 0 Å². The number of alkyl halides is 3. The van der Waals surface area contributed by atoms with Crippen LogP contribution in [0.25, 0.3) is 22.8 Å². The monoisotopic (exact) mass is 538 g/mol. The third-order valence-electron chi connectivity index (χ3n) is 6.03. The largest absolute Gasteiger partial charge is 0.480 e. The fraction of sp³-hybridized carbons (Fsp3) is 0.333. The van der Waals surface area contributed by atoms with E-state index < -0.39 is 11.9 Å². The van der Waals surface area contributed by atoms with Gasteiger partial charge in [-0.3, -0.25) is 0 Å². The SMILES string of the molecule is COc1ncnc(C(C)C)c1-c1ncc(C=N)c(NCc2ccc(-c3nc(C(F)(F)F)cn3C(C)C)cc2)n1. The first-order chi connectivity index (χ1) is 18.5. The molecule has 0 aliphatic carbocycles. The van der Waals surface area contributed by atoms with Crippen molar-refractivity contribution in [3.8, 4) is 28.7 Å². The van der Waals surface area contributed by atoms with Gasteiger partial charge in [0.25, 0.3) is 0 Å². The number of benzene rings is 1. The van der Waals surface area contributed by atoms with Crippen molar-refractivity contribution in [3.05, 3.63) is 65.5 Å². The molecule has 0 atom stereocenters. The number of anilines is 1. The van der Waals surface area contributed by atoms with Crippen molar-refractivity contribution in [3.63, 3.8) is 0 Å². The molecule has 0 unspecified atom stereocenters. The summed E-state index contributed by atoms with van der Waals surface area (Å²) < 4.78 is 46.7. The van der Waals surface area contributed by atoms with Crippen LogP contribution in [0.3, 0.4) is 0 Å². The van der Waals surface area contributed by atoms with Gasteiger partial charge in [-0.05, 0) is 25.3 Å². The molecule has 0 aliphatic rings. The summed E-state index contributed by atoms with van der Waals surface area (Å²) in [6, 6.07) is 6.91. The zero-order valence-corrected chi connectivity index (χ0v) is 22.2. The molecule has 0 fully saturated rings.